The molecule has 0 aliphatic heterocycles. The molecular formula is C9H19NO2. The number of esters is 1. The van der Waals surface area contributed by atoms with Crippen LogP contribution in [0.2, 0.25) is 0 Å². The van der Waals surface area contributed by atoms with Crippen molar-refractivity contribution in [3.05, 3.63) is 0 Å². The van der Waals surface area contributed by atoms with E-state index in [0.717, 1.165) is 0 Å². The molecule has 2 N–H and O–H groups in total. The van der Waals surface area contributed by atoms with Crippen LogP contribution in [0.4, 0.5) is 0 Å². The van der Waals surface area contributed by atoms with Gasteiger partial charge in [-0.15, -0.1) is 0 Å². The van der Waals surface area contributed by atoms with E-state index in [0.29, 0.717) is 12.3 Å². The molecule has 3 nitrogen and oxygen atoms in total. The standard InChI is InChI=1S/C9H19NO2/c1-5-8(10)9(11)12-7(4)6(2)3/h6-8H,5,10H2,1-4H3/t7-,8+/m1/s1. The summed E-state index contributed by atoms with van der Waals surface area (Å²) in [6.07, 6.45) is 0.582. The van der Waals surface area contributed by atoms with Crippen molar-refractivity contribution < 1.29 is 9.53 Å². The molecule has 0 radical (unpaired) electrons. The van der Waals surface area contributed by atoms with Gasteiger partial charge >= 0.3 is 5.97 Å². The summed E-state index contributed by atoms with van der Waals surface area (Å²) >= 11 is 0. The van der Waals surface area contributed by atoms with Crippen molar-refractivity contribution in [2.24, 2.45) is 11.7 Å². The van der Waals surface area contributed by atoms with Gasteiger partial charge in [-0.05, 0) is 19.3 Å². The van der Waals surface area contributed by atoms with E-state index in [1.807, 2.05) is 27.7 Å². The number of hydrogen-bond donors (Lipinski definition) is 1. The van der Waals surface area contributed by atoms with Gasteiger partial charge in [-0.3, -0.25) is 4.79 Å². The third-order valence-electron chi connectivity index (χ3n) is 1.98. The topological polar surface area (TPSA) is 52.3 Å². The summed E-state index contributed by atoms with van der Waals surface area (Å²) in [6.45, 7) is 7.77. The zero-order valence-corrected chi connectivity index (χ0v) is 8.33. The monoisotopic (exact) mass is 173 g/mol. The quantitative estimate of drug-likeness (QED) is 0.652. The van der Waals surface area contributed by atoms with Crippen LogP contribution in [0, 0.1) is 5.92 Å². The molecule has 2 atom stereocenters. The molecule has 0 unspecified atom stereocenters. The van der Waals surface area contributed by atoms with Crippen LogP contribution in [-0.2, 0) is 9.53 Å². The molecule has 0 aromatic rings. The van der Waals surface area contributed by atoms with Gasteiger partial charge in [-0.25, -0.2) is 0 Å². The Morgan fingerprint density at radius 1 is 1.42 bits per heavy atom. The molecule has 0 fully saturated rings. The molecule has 0 aromatic carbocycles. The van der Waals surface area contributed by atoms with Crippen molar-refractivity contribution >= 4 is 5.97 Å². The minimum absolute atomic E-state index is 0.0462. The van der Waals surface area contributed by atoms with Crippen molar-refractivity contribution in [3.8, 4) is 0 Å². The van der Waals surface area contributed by atoms with Crippen LogP contribution in [0.1, 0.15) is 34.1 Å². The zero-order valence-electron chi connectivity index (χ0n) is 8.33. The largest absolute Gasteiger partial charge is 0.461 e. The predicted molar refractivity (Wildman–Crippen MR) is 48.7 cm³/mol. The first-order valence-electron chi connectivity index (χ1n) is 4.45. The average molecular weight is 173 g/mol. The average Bonchev–Trinajstić information content (AvgIpc) is 2.02. The second kappa shape index (κ2) is 5.14. The third kappa shape index (κ3) is 3.72. The van der Waals surface area contributed by atoms with E-state index in [4.69, 9.17) is 10.5 Å². The maximum atomic E-state index is 11.1. The summed E-state index contributed by atoms with van der Waals surface area (Å²) in [7, 11) is 0. The predicted octanol–water partition coefficient (Wildman–Crippen LogP) is 1.31. The van der Waals surface area contributed by atoms with Crippen molar-refractivity contribution in [2.45, 2.75) is 46.3 Å². The fraction of sp³-hybridized carbons (Fsp3) is 0.889. The SMILES string of the molecule is CC[C@H](N)C(=O)O[C@H](C)C(C)C. The number of carbonyl (C=O) groups is 1. The van der Waals surface area contributed by atoms with Crippen molar-refractivity contribution in [3.63, 3.8) is 0 Å². The lowest BCUT2D eigenvalue weighted by Crippen LogP contribution is -2.34. The van der Waals surface area contributed by atoms with E-state index in [1.54, 1.807) is 0 Å². The van der Waals surface area contributed by atoms with Crippen LogP contribution in [0.3, 0.4) is 0 Å². The number of ether oxygens (including phenoxy) is 1. The van der Waals surface area contributed by atoms with E-state index < -0.39 is 6.04 Å². The summed E-state index contributed by atoms with van der Waals surface area (Å²) in [5.41, 5.74) is 5.49. The van der Waals surface area contributed by atoms with Crippen molar-refractivity contribution in [1.82, 2.24) is 0 Å². The number of nitrogens with two attached hydrogens (primary N) is 1. The van der Waals surface area contributed by atoms with E-state index in [-0.39, 0.29) is 12.1 Å². The van der Waals surface area contributed by atoms with Crippen LogP contribution in [0.25, 0.3) is 0 Å². The second-order valence-corrected chi connectivity index (χ2v) is 3.40. The molecule has 0 spiro atoms. The van der Waals surface area contributed by atoms with Crippen molar-refractivity contribution in [1.29, 1.82) is 0 Å². The number of rotatable bonds is 4. The Bertz CT molecular complexity index is 145. The number of hydrogen-bond acceptors (Lipinski definition) is 3. The molecule has 12 heavy (non-hydrogen) atoms. The Morgan fingerprint density at radius 3 is 2.25 bits per heavy atom. The van der Waals surface area contributed by atoms with Crippen LogP contribution < -0.4 is 5.73 Å². The van der Waals surface area contributed by atoms with E-state index >= 15 is 0 Å². The highest BCUT2D eigenvalue weighted by molar-refractivity contribution is 5.75. The van der Waals surface area contributed by atoms with Crippen molar-refractivity contribution in [2.75, 3.05) is 0 Å². The van der Waals surface area contributed by atoms with E-state index in [9.17, 15) is 4.79 Å². The lowest BCUT2D eigenvalue weighted by molar-refractivity contribution is -0.151. The second-order valence-electron chi connectivity index (χ2n) is 3.40. The Kier molecular flexibility index (Phi) is 4.90. The molecule has 0 rings (SSSR count). The first-order valence-corrected chi connectivity index (χ1v) is 4.45. The fourth-order valence-corrected chi connectivity index (χ4v) is 0.573. The van der Waals surface area contributed by atoms with Gasteiger partial charge in [0.1, 0.15) is 12.1 Å². The molecular weight excluding hydrogens is 154 g/mol. The Balaban J connectivity index is 3.84. The zero-order chi connectivity index (χ0) is 9.72. The molecule has 0 saturated carbocycles. The minimum atomic E-state index is -0.466. The third-order valence-corrected chi connectivity index (χ3v) is 1.98. The molecule has 3 heteroatoms. The normalized spacial score (nSPS) is 15.8. The summed E-state index contributed by atoms with van der Waals surface area (Å²) in [6, 6.07) is -0.466. The minimum Gasteiger partial charge on any atom is -0.461 e. The highest BCUT2D eigenvalue weighted by Crippen LogP contribution is 2.06. The molecule has 0 aliphatic carbocycles. The van der Waals surface area contributed by atoms with Gasteiger partial charge in [0.15, 0.2) is 0 Å². The maximum Gasteiger partial charge on any atom is 0.323 e. The van der Waals surface area contributed by atoms with E-state index in [2.05, 4.69) is 0 Å². The molecule has 0 saturated heterocycles. The summed E-state index contributed by atoms with van der Waals surface area (Å²) in [4.78, 5) is 11.1. The van der Waals surface area contributed by atoms with E-state index in [1.165, 1.54) is 0 Å². The van der Waals surface area contributed by atoms with Crippen LogP contribution in [0.15, 0.2) is 0 Å². The lowest BCUT2D eigenvalue weighted by Gasteiger charge is -2.18. The Hall–Kier alpha value is -0.570. The Morgan fingerprint density at radius 2 is 1.92 bits per heavy atom. The molecule has 0 amide bonds. The van der Waals surface area contributed by atoms with Gasteiger partial charge in [-0.1, -0.05) is 20.8 Å². The van der Waals surface area contributed by atoms with Gasteiger partial charge in [0.2, 0.25) is 0 Å². The van der Waals surface area contributed by atoms with Gasteiger partial charge in [-0.2, -0.15) is 0 Å². The van der Waals surface area contributed by atoms with Crippen LogP contribution >= 0.6 is 0 Å². The van der Waals surface area contributed by atoms with Gasteiger partial charge in [0.05, 0.1) is 0 Å². The summed E-state index contributed by atoms with van der Waals surface area (Å²) < 4.78 is 5.10. The molecule has 0 aromatic heterocycles. The molecule has 0 bridgehead atoms. The smallest absolute Gasteiger partial charge is 0.323 e. The lowest BCUT2D eigenvalue weighted by atomic mass is 10.1. The highest BCUT2D eigenvalue weighted by Gasteiger charge is 2.17. The van der Waals surface area contributed by atoms with Crippen LogP contribution in [0.5, 0.6) is 0 Å². The highest BCUT2D eigenvalue weighted by atomic mass is 16.5. The van der Waals surface area contributed by atoms with Crippen LogP contribution in [-0.4, -0.2) is 18.1 Å². The Labute approximate surface area is 74.3 Å². The molecule has 72 valence electrons. The first kappa shape index (κ1) is 11.4. The molecule has 0 aliphatic rings. The molecule has 0 heterocycles. The first-order chi connectivity index (χ1) is 5.49. The number of carbonyl (C=O) groups excluding carboxylic acids is 1. The maximum absolute atomic E-state index is 11.1. The van der Waals surface area contributed by atoms with Gasteiger partial charge in [0, 0.05) is 0 Å². The fourth-order valence-electron chi connectivity index (χ4n) is 0.573. The summed E-state index contributed by atoms with van der Waals surface area (Å²) in [5, 5.41) is 0. The summed E-state index contributed by atoms with van der Waals surface area (Å²) in [5.74, 6) is 0.0525. The van der Waals surface area contributed by atoms with Gasteiger partial charge in [0.25, 0.3) is 0 Å². The van der Waals surface area contributed by atoms with Gasteiger partial charge < -0.3 is 10.5 Å².